The maximum absolute atomic E-state index is 12.4. The average Bonchev–Trinajstić information content (AvgIpc) is 3.63. The molecule has 0 bridgehead atoms. The van der Waals surface area contributed by atoms with Crippen molar-refractivity contribution in [1.82, 2.24) is 35.0 Å². The number of piperidine rings is 1. The van der Waals surface area contributed by atoms with Crippen LogP contribution in [0.15, 0.2) is 24.4 Å². The molecule has 188 valence electrons. The Balaban J connectivity index is 1.20. The van der Waals surface area contributed by atoms with E-state index < -0.39 is 5.91 Å². The van der Waals surface area contributed by atoms with Gasteiger partial charge in [0.15, 0.2) is 17.2 Å². The first kappa shape index (κ1) is 22.7. The average molecular weight is 491 g/mol. The van der Waals surface area contributed by atoms with Gasteiger partial charge in [-0.2, -0.15) is 4.98 Å². The Hall–Kier alpha value is -3.80. The van der Waals surface area contributed by atoms with Crippen LogP contribution in [-0.2, 0) is 4.79 Å². The molecule has 3 fully saturated rings. The molecule has 2 amide bonds. The predicted molar refractivity (Wildman–Crippen MR) is 134 cm³/mol. The smallest absolute Gasteiger partial charge is 0.273 e. The van der Waals surface area contributed by atoms with Crippen molar-refractivity contribution < 1.29 is 9.59 Å². The van der Waals surface area contributed by atoms with Crippen LogP contribution < -0.4 is 20.9 Å². The van der Waals surface area contributed by atoms with Gasteiger partial charge in [0.2, 0.25) is 11.9 Å². The van der Waals surface area contributed by atoms with Gasteiger partial charge in [-0.1, -0.05) is 0 Å². The lowest BCUT2D eigenvalue weighted by atomic mass is 9.99. The van der Waals surface area contributed by atoms with E-state index in [2.05, 4.69) is 52.1 Å². The molecule has 6 rings (SSSR count). The highest BCUT2D eigenvalue weighted by Crippen LogP contribution is 2.30. The second kappa shape index (κ2) is 9.34. The lowest BCUT2D eigenvalue weighted by Gasteiger charge is -2.43. The van der Waals surface area contributed by atoms with E-state index in [1.54, 1.807) is 10.6 Å². The summed E-state index contributed by atoms with van der Waals surface area (Å²) in [6.45, 7) is 4.54. The summed E-state index contributed by atoms with van der Waals surface area (Å²) in [6.07, 6.45) is 7.44. The van der Waals surface area contributed by atoms with Crippen LogP contribution >= 0.6 is 0 Å². The summed E-state index contributed by atoms with van der Waals surface area (Å²) in [5.41, 5.74) is 2.25. The molecule has 5 heterocycles. The van der Waals surface area contributed by atoms with Crippen molar-refractivity contribution in [2.45, 2.75) is 38.1 Å². The molecule has 0 spiro atoms. The van der Waals surface area contributed by atoms with Crippen molar-refractivity contribution in [3.8, 4) is 0 Å². The summed E-state index contributed by atoms with van der Waals surface area (Å²) in [5.74, 6) is 0.126. The van der Waals surface area contributed by atoms with Crippen molar-refractivity contribution in [2.75, 3.05) is 48.8 Å². The Morgan fingerprint density at radius 1 is 1.03 bits per heavy atom. The molecular formula is C24H30N10O2. The zero-order chi connectivity index (χ0) is 24.6. The largest absolute Gasteiger partial charge is 0.370 e. The third-order valence-electron chi connectivity index (χ3n) is 7.23. The number of amides is 2. The minimum absolute atomic E-state index is 0.0256. The van der Waals surface area contributed by atoms with Gasteiger partial charge in [-0.15, -0.1) is 15.3 Å². The highest BCUT2D eigenvalue weighted by Gasteiger charge is 2.30. The molecule has 36 heavy (non-hydrogen) atoms. The number of carbonyl (C=O) groups is 2. The normalized spacial score (nSPS) is 18.6. The van der Waals surface area contributed by atoms with Gasteiger partial charge in [0.05, 0.1) is 17.6 Å². The Labute approximate surface area is 208 Å². The summed E-state index contributed by atoms with van der Waals surface area (Å²) >= 11 is 0. The first-order valence-electron chi connectivity index (χ1n) is 12.6. The topological polar surface area (TPSA) is 133 Å². The van der Waals surface area contributed by atoms with Gasteiger partial charge < -0.3 is 25.8 Å². The van der Waals surface area contributed by atoms with E-state index in [1.165, 1.54) is 39.4 Å². The van der Waals surface area contributed by atoms with Crippen molar-refractivity contribution >= 4 is 40.6 Å². The number of nitrogens with one attached hydrogen (secondary N) is 3. The van der Waals surface area contributed by atoms with E-state index in [0.29, 0.717) is 23.3 Å². The molecule has 12 nitrogen and oxygen atoms in total. The fraction of sp³-hybridized carbons (Fsp3) is 0.500. The van der Waals surface area contributed by atoms with Crippen molar-refractivity contribution in [2.24, 2.45) is 5.92 Å². The van der Waals surface area contributed by atoms with E-state index in [0.717, 1.165) is 31.6 Å². The van der Waals surface area contributed by atoms with Crippen molar-refractivity contribution in [1.29, 1.82) is 0 Å². The minimum atomic E-state index is -0.405. The second-order valence-electron chi connectivity index (χ2n) is 9.69. The monoisotopic (exact) mass is 490 g/mol. The summed E-state index contributed by atoms with van der Waals surface area (Å²) in [7, 11) is 1.52. The van der Waals surface area contributed by atoms with Crippen LogP contribution in [-0.4, -0.2) is 80.8 Å². The molecule has 3 aliphatic rings. The molecule has 12 heteroatoms. The maximum atomic E-state index is 12.4. The van der Waals surface area contributed by atoms with E-state index in [-0.39, 0.29) is 23.3 Å². The van der Waals surface area contributed by atoms with E-state index >= 15 is 0 Å². The molecule has 3 aromatic rings. The second-order valence-corrected chi connectivity index (χ2v) is 9.69. The lowest BCUT2D eigenvalue weighted by Crippen LogP contribution is -2.50. The SMILES string of the molecule is CNC(=O)c1nnc(NC(=O)C2CC2)cc1Nc1nc2ccc(N3CCC(N4CCC4)CC3)cn2n1. The number of likely N-dealkylation sites (tertiary alicyclic amines) is 1. The number of aromatic nitrogens is 5. The number of hydrogen-bond donors (Lipinski definition) is 3. The molecule has 1 aliphatic carbocycles. The molecular weight excluding hydrogens is 460 g/mol. The fourth-order valence-corrected chi connectivity index (χ4v) is 4.84. The van der Waals surface area contributed by atoms with Crippen LogP contribution in [0.4, 0.5) is 23.1 Å². The van der Waals surface area contributed by atoms with Crippen LogP contribution in [0.2, 0.25) is 0 Å². The molecule has 3 aromatic heterocycles. The highest BCUT2D eigenvalue weighted by molar-refractivity contribution is 5.99. The molecule has 2 aliphatic heterocycles. The van der Waals surface area contributed by atoms with Crippen LogP contribution in [0.1, 0.15) is 42.6 Å². The Kier molecular flexibility index (Phi) is 5.88. The minimum Gasteiger partial charge on any atom is -0.370 e. The van der Waals surface area contributed by atoms with Gasteiger partial charge in [0.25, 0.3) is 5.91 Å². The third kappa shape index (κ3) is 4.55. The molecule has 0 aromatic carbocycles. The summed E-state index contributed by atoms with van der Waals surface area (Å²) in [5, 5.41) is 21.0. The highest BCUT2D eigenvalue weighted by atomic mass is 16.2. The first-order valence-corrected chi connectivity index (χ1v) is 12.6. The number of carbonyl (C=O) groups excluding carboxylic acids is 2. The van der Waals surface area contributed by atoms with Crippen molar-refractivity contribution in [3.63, 3.8) is 0 Å². The number of hydrogen-bond acceptors (Lipinski definition) is 9. The first-order chi connectivity index (χ1) is 17.6. The quantitative estimate of drug-likeness (QED) is 0.452. The summed E-state index contributed by atoms with van der Waals surface area (Å²) in [4.78, 5) is 34.1. The number of rotatable bonds is 7. The van der Waals surface area contributed by atoms with Crippen LogP contribution in [0.3, 0.4) is 0 Å². The van der Waals surface area contributed by atoms with Crippen molar-refractivity contribution in [3.05, 3.63) is 30.1 Å². The third-order valence-corrected chi connectivity index (χ3v) is 7.23. The van der Waals surface area contributed by atoms with Crippen LogP contribution in [0, 0.1) is 5.92 Å². The zero-order valence-corrected chi connectivity index (χ0v) is 20.3. The van der Waals surface area contributed by atoms with Gasteiger partial charge in [-0.25, -0.2) is 4.52 Å². The van der Waals surface area contributed by atoms with Gasteiger partial charge in [0, 0.05) is 38.2 Å². The fourth-order valence-electron chi connectivity index (χ4n) is 4.84. The molecule has 2 saturated heterocycles. The standard InChI is InChI=1S/C24H30N10O2/c1-25-23(36)21-18(13-19(29-30-21)27-22(35)15-3-4-15)26-24-28-20-6-5-17(14-34(20)31-24)33-11-7-16(8-12-33)32-9-2-10-32/h5-6,13-16H,2-4,7-12H2,1H3,(H,25,36)(H2,26,27,29,31,35). The number of nitrogens with zero attached hydrogens (tertiary/aromatic N) is 7. The Morgan fingerprint density at radius 3 is 2.53 bits per heavy atom. The number of fused-ring (bicyclic) bond motifs is 1. The van der Waals surface area contributed by atoms with Gasteiger partial charge in [-0.3, -0.25) is 9.59 Å². The molecule has 0 atom stereocenters. The molecule has 0 radical (unpaired) electrons. The Bertz CT molecular complexity index is 1290. The molecule has 0 unspecified atom stereocenters. The summed E-state index contributed by atoms with van der Waals surface area (Å²) in [6, 6.07) is 6.31. The number of pyridine rings is 1. The van der Waals surface area contributed by atoms with E-state index in [9.17, 15) is 9.59 Å². The van der Waals surface area contributed by atoms with Gasteiger partial charge in [-0.05, 0) is 57.3 Å². The lowest BCUT2D eigenvalue weighted by molar-refractivity contribution is -0.117. The maximum Gasteiger partial charge on any atom is 0.273 e. The molecule has 1 saturated carbocycles. The van der Waals surface area contributed by atoms with E-state index in [1.807, 2.05) is 12.3 Å². The predicted octanol–water partition coefficient (Wildman–Crippen LogP) is 1.65. The Morgan fingerprint density at radius 2 is 1.83 bits per heavy atom. The number of anilines is 4. The van der Waals surface area contributed by atoms with Crippen LogP contribution in [0.25, 0.3) is 5.65 Å². The summed E-state index contributed by atoms with van der Waals surface area (Å²) < 4.78 is 1.74. The van der Waals surface area contributed by atoms with Crippen LogP contribution in [0.5, 0.6) is 0 Å². The van der Waals surface area contributed by atoms with Gasteiger partial charge >= 0.3 is 0 Å². The zero-order valence-electron chi connectivity index (χ0n) is 20.3. The molecule has 3 N–H and O–H groups in total. The van der Waals surface area contributed by atoms with Gasteiger partial charge in [0.1, 0.15) is 0 Å². The van der Waals surface area contributed by atoms with E-state index in [4.69, 9.17) is 0 Å².